The van der Waals surface area contributed by atoms with Crippen molar-refractivity contribution in [3.63, 3.8) is 0 Å². The van der Waals surface area contributed by atoms with Gasteiger partial charge in [0.05, 0.1) is 11.3 Å². The molecule has 0 aliphatic heterocycles. The molecule has 0 aliphatic rings. The second kappa shape index (κ2) is 9.14. The topological polar surface area (TPSA) is 151 Å². The standard InChI is InChI=1S/C20H20N8O3S/c1-3-6-12(29)9-11(2)17-22-18-16(23-25-20-24-21-10-32-20)15(26-28(18)27-17)13-7-4-5-8-14(13)19(30)31/h4-5,7-8,10-11,26H,3,6,9H2,1-2H3,(H,30,31). The number of hydrogen-bond donors (Lipinski definition) is 2. The molecule has 32 heavy (non-hydrogen) atoms. The van der Waals surface area contributed by atoms with Crippen molar-refractivity contribution in [1.82, 2.24) is 30.0 Å². The molecule has 1 atom stereocenters. The molecular formula is C20H20N8O3S. The highest BCUT2D eigenvalue weighted by Gasteiger charge is 2.24. The molecule has 0 amide bonds. The van der Waals surface area contributed by atoms with Crippen LogP contribution in [0.4, 0.5) is 10.8 Å². The first-order chi connectivity index (χ1) is 15.5. The molecule has 2 N–H and O–H groups in total. The average Bonchev–Trinajstić information content (AvgIpc) is 3.49. The Kier molecular flexibility index (Phi) is 6.12. The zero-order valence-electron chi connectivity index (χ0n) is 17.4. The van der Waals surface area contributed by atoms with Crippen molar-refractivity contribution in [2.45, 2.75) is 39.0 Å². The number of carbonyl (C=O) groups is 2. The molecule has 11 nitrogen and oxygen atoms in total. The van der Waals surface area contributed by atoms with Crippen molar-refractivity contribution in [3.05, 3.63) is 41.2 Å². The third kappa shape index (κ3) is 4.30. The Labute approximate surface area is 186 Å². The zero-order valence-corrected chi connectivity index (χ0v) is 18.2. The molecule has 4 aromatic rings. The van der Waals surface area contributed by atoms with Gasteiger partial charge in [-0.1, -0.05) is 43.4 Å². The second-order valence-corrected chi connectivity index (χ2v) is 8.02. The smallest absolute Gasteiger partial charge is 0.336 e. The Morgan fingerprint density at radius 1 is 1.28 bits per heavy atom. The van der Waals surface area contributed by atoms with Crippen LogP contribution in [-0.4, -0.2) is 46.9 Å². The number of Topliss-reactive ketones (excluding diaryl/α,β-unsaturated/α-hetero) is 1. The molecule has 3 aromatic heterocycles. The van der Waals surface area contributed by atoms with Crippen LogP contribution < -0.4 is 0 Å². The van der Waals surface area contributed by atoms with Crippen LogP contribution in [0.3, 0.4) is 0 Å². The van der Waals surface area contributed by atoms with Crippen LogP contribution in [0.5, 0.6) is 0 Å². The third-order valence-corrected chi connectivity index (χ3v) is 5.38. The summed E-state index contributed by atoms with van der Waals surface area (Å²) in [6.45, 7) is 3.86. The van der Waals surface area contributed by atoms with Crippen LogP contribution in [0.25, 0.3) is 16.9 Å². The lowest BCUT2D eigenvalue weighted by Crippen LogP contribution is -2.06. The number of carboxylic acids is 1. The van der Waals surface area contributed by atoms with Gasteiger partial charge in [-0.2, -0.15) is 4.63 Å². The maximum absolute atomic E-state index is 12.1. The van der Waals surface area contributed by atoms with Crippen LogP contribution in [0, 0.1) is 0 Å². The van der Waals surface area contributed by atoms with Crippen LogP contribution in [-0.2, 0) is 4.79 Å². The Hall–Kier alpha value is -3.80. The number of aromatic nitrogens is 6. The lowest BCUT2D eigenvalue weighted by molar-refractivity contribution is -0.119. The zero-order chi connectivity index (χ0) is 22.7. The van der Waals surface area contributed by atoms with Gasteiger partial charge in [0.1, 0.15) is 11.3 Å². The number of aromatic amines is 1. The Morgan fingerprint density at radius 3 is 2.81 bits per heavy atom. The number of nitrogens with zero attached hydrogens (tertiary/aromatic N) is 7. The molecule has 0 spiro atoms. The fraction of sp³-hybridized carbons (Fsp3) is 0.300. The van der Waals surface area contributed by atoms with E-state index in [-0.39, 0.29) is 17.3 Å². The van der Waals surface area contributed by atoms with Gasteiger partial charge in [0.25, 0.3) is 5.13 Å². The summed E-state index contributed by atoms with van der Waals surface area (Å²) in [5.74, 6) is -0.599. The lowest BCUT2D eigenvalue weighted by Gasteiger charge is -2.06. The number of ketones is 1. The van der Waals surface area contributed by atoms with E-state index in [1.807, 2.05) is 13.8 Å². The average molecular weight is 453 g/mol. The number of nitrogens with one attached hydrogen (secondary N) is 1. The molecule has 1 unspecified atom stereocenters. The SMILES string of the molecule is CCCC(=O)CC(C)c1nc2c(N=Nc3nncs3)c(-c3ccccc3C(=O)O)[nH]n2n1. The molecule has 0 bridgehead atoms. The monoisotopic (exact) mass is 452 g/mol. The van der Waals surface area contributed by atoms with E-state index >= 15 is 0 Å². The first-order valence-electron chi connectivity index (χ1n) is 9.98. The van der Waals surface area contributed by atoms with E-state index in [0.717, 1.165) is 6.42 Å². The lowest BCUT2D eigenvalue weighted by atomic mass is 10.0. The predicted molar refractivity (Wildman–Crippen MR) is 117 cm³/mol. The van der Waals surface area contributed by atoms with Gasteiger partial charge in [-0.15, -0.1) is 25.5 Å². The molecule has 0 aliphatic carbocycles. The van der Waals surface area contributed by atoms with Crippen LogP contribution in [0.2, 0.25) is 0 Å². The van der Waals surface area contributed by atoms with E-state index in [1.165, 1.54) is 27.5 Å². The Bertz CT molecular complexity index is 1290. The van der Waals surface area contributed by atoms with Crippen LogP contribution >= 0.6 is 11.3 Å². The van der Waals surface area contributed by atoms with E-state index in [1.54, 1.807) is 18.2 Å². The number of hydrogen-bond acceptors (Lipinski definition) is 9. The number of aromatic carboxylic acids is 1. The summed E-state index contributed by atoms with van der Waals surface area (Å²) in [4.78, 5) is 28.4. The predicted octanol–water partition coefficient (Wildman–Crippen LogP) is 4.55. The Morgan fingerprint density at radius 2 is 2.09 bits per heavy atom. The van der Waals surface area contributed by atoms with Gasteiger partial charge in [0.2, 0.25) is 5.65 Å². The molecule has 0 radical (unpaired) electrons. The number of fused-ring (bicyclic) bond motifs is 1. The summed E-state index contributed by atoms with van der Waals surface area (Å²) in [6, 6.07) is 6.56. The number of carbonyl (C=O) groups excluding carboxylic acids is 1. The highest BCUT2D eigenvalue weighted by molar-refractivity contribution is 7.13. The summed E-state index contributed by atoms with van der Waals surface area (Å²) in [6.07, 6.45) is 1.66. The van der Waals surface area contributed by atoms with Crippen molar-refractivity contribution in [2.24, 2.45) is 10.2 Å². The highest BCUT2D eigenvalue weighted by atomic mass is 32.1. The second-order valence-electron chi connectivity index (χ2n) is 7.21. The van der Waals surface area contributed by atoms with Crippen molar-refractivity contribution in [3.8, 4) is 11.3 Å². The number of rotatable bonds is 9. The van der Waals surface area contributed by atoms with Gasteiger partial charge < -0.3 is 5.11 Å². The van der Waals surface area contributed by atoms with Gasteiger partial charge >= 0.3 is 5.97 Å². The van der Waals surface area contributed by atoms with Gasteiger partial charge in [-0.25, -0.2) is 9.78 Å². The normalized spacial score (nSPS) is 12.6. The van der Waals surface area contributed by atoms with Gasteiger partial charge in [0.15, 0.2) is 11.5 Å². The van der Waals surface area contributed by atoms with Crippen molar-refractivity contribution in [2.75, 3.05) is 0 Å². The number of azo groups is 1. The largest absolute Gasteiger partial charge is 0.478 e. The van der Waals surface area contributed by atoms with E-state index in [0.29, 0.717) is 46.4 Å². The summed E-state index contributed by atoms with van der Waals surface area (Å²) in [5.41, 5.74) is 3.16. The van der Waals surface area contributed by atoms with Gasteiger partial charge in [0, 0.05) is 24.3 Å². The van der Waals surface area contributed by atoms with Crippen molar-refractivity contribution < 1.29 is 14.7 Å². The van der Waals surface area contributed by atoms with E-state index in [9.17, 15) is 14.7 Å². The number of carboxylic acid groups (broad SMARTS) is 1. The minimum absolute atomic E-state index is 0.100. The van der Waals surface area contributed by atoms with Crippen molar-refractivity contribution in [1.29, 1.82) is 0 Å². The van der Waals surface area contributed by atoms with E-state index < -0.39 is 5.97 Å². The van der Waals surface area contributed by atoms with Gasteiger partial charge in [-0.05, 0) is 12.5 Å². The van der Waals surface area contributed by atoms with E-state index in [4.69, 9.17) is 0 Å². The molecular weight excluding hydrogens is 432 g/mol. The quantitative estimate of drug-likeness (QED) is 0.353. The molecule has 164 valence electrons. The molecule has 1 aromatic carbocycles. The first kappa shape index (κ1) is 21.4. The fourth-order valence-electron chi connectivity index (χ4n) is 3.33. The fourth-order valence-corrected chi connectivity index (χ4v) is 3.70. The molecule has 3 heterocycles. The molecule has 4 rings (SSSR count). The van der Waals surface area contributed by atoms with Crippen LogP contribution in [0.15, 0.2) is 40.0 Å². The Balaban J connectivity index is 1.80. The molecule has 12 heteroatoms. The van der Waals surface area contributed by atoms with Crippen molar-refractivity contribution >= 4 is 39.6 Å². The summed E-state index contributed by atoms with van der Waals surface area (Å²) in [7, 11) is 0. The summed E-state index contributed by atoms with van der Waals surface area (Å²) in [5, 5.41) is 33.5. The summed E-state index contributed by atoms with van der Waals surface area (Å²) < 4.78 is 1.43. The minimum atomic E-state index is -1.07. The molecule has 0 saturated heterocycles. The van der Waals surface area contributed by atoms with E-state index in [2.05, 4.69) is 35.6 Å². The number of H-pyrrole nitrogens is 1. The molecule has 0 saturated carbocycles. The highest BCUT2D eigenvalue weighted by Crippen LogP contribution is 2.36. The van der Waals surface area contributed by atoms with Gasteiger partial charge in [-0.3, -0.25) is 9.89 Å². The third-order valence-electron chi connectivity index (χ3n) is 4.80. The molecule has 0 fully saturated rings. The minimum Gasteiger partial charge on any atom is -0.478 e. The first-order valence-corrected chi connectivity index (χ1v) is 10.9. The van der Waals surface area contributed by atoms with Crippen LogP contribution in [0.1, 0.15) is 55.2 Å². The maximum Gasteiger partial charge on any atom is 0.336 e. The summed E-state index contributed by atoms with van der Waals surface area (Å²) >= 11 is 1.21. The number of benzene rings is 1. The maximum atomic E-state index is 12.1.